The van der Waals surface area contributed by atoms with Gasteiger partial charge in [-0.25, -0.2) is 13.5 Å². The largest absolute Gasteiger partial charge is 0.479 e. The molecule has 0 saturated carbocycles. The van der Waals surface area contributed by atoms with E-state index in [0.29, 0.717) is 12.0 Å². The van der Waals surface area contributed by atoms with Gasteiger partial charge in [-0.3, -0.25) is 14.4 Å². The number of carbonyl (C=O) groups excluding carboxylic acids is 2. The average Bonchev–Trinajstić information content (AvgIpc) is 2.96. The molecule has 2 aromatic carbocycles. The van der Waals surface area contributed by atoms with Crippen LogP contribution >= 0.6 is 0 Å². The summed E-state index contributed by atoms with van der Waals surface area (Å²) in [4.78, 5) is 39.5. The lowest BCUT2D eigenvalue weighted by atomic mass is 9.84. The van der Waals surface area contributed by atoms with Gasteiger partial charge in [-0.1, -0.05) is 52.0 Å². The summed E-state index contributed by atoms with van der Waals surface area (Å²) in [6.45, 7) is 12.3. The smallest absolute Gasteiger partial charge is 0.308 e. The SMILES string of the molecule is CC[C@@H](CN[C@@H](CC(=O)OC(C)(C)C)C(=O)COc1c(F)c(F)cc(F)c1F)c1ccnn(Cc2ccccc2C(C)(C)C)c1=O. The van der Waals surface area contributed by atoms with E-state index in [1.54, 1.807) is 26.8 Å². The topological polar surface area (TPSA) is 99.5 Å². The molecule has 46 heavy (non-hydrogen) atoms. The van der Waals surface area contributed by atoms with Crippen LogP contribution in [0, 0.1) is 23.3 Å². The van der Waals surface area contributed by atoms with Crippen molar-refractivity contribution >= 4 is 11.8 Å². The standard InChI is InChI=1S/C34H41F4N3O5/c1-8-20(22-13-14-40-41(32(22)44)18-21-11-9-10-12-23(21)33(2,3)4)17-39-26(16-28(43)46-34(5,6)7)27(42)19-45-31-29(37)24(35)15-25(36)30(31)38/h9-15,20,26,39H,8,16-19H2,1-7H3/t20-,26-/m0/s1. The third kappa shape index (κ3) is 9.48. The number of aromatic nitrogens is 2. The van der Waals surface area contributed by atoms with E-state index >= 15 is 0 Å². The molecular formula is C34H41F4N3O5. The van der Waals surface area contributed by atoms with Crippen LogP contribution in [0.2, 0.25) is 0 Å². The Hall–Kier alpha value is -4.06. The van der Waals surface area contributed by atoms with Crippen LogP contribution in [-0.4, -0.2) is 46.3 Å². The van der Waals surface area contributed by atoms with E-state index in [1.165, 1.54) is 10.9 Å². The van der Waals surface area contributed by atoms with Gasteiger partial charge in [0.05, 0.1) is 19.0 Å². The Labute approximate surface area is 266 Å². The van der Waals surface area contributed by atoms with Crippen molar-refractivity contribution in [3.05, 3.63) is 92.9 Å². The second-order valence-electron chi connectivity index (χ2n) is 13.1. The third-order valence-electron chi connectivity index (χ3n) is 7.24. The van der Waals surface area contributed by atoms with Crippen LogP contribution in [0.25, 0.3) is 0 Å². The Morgan fingerprint density at radius 2 is 1.61 bits per heavy atom. The maximum absolute atomic E-state index is 14.1. The second kappa shape index (κ2) is 15.0. The van der Waals surface area contributed by atoms with Gasteiger partial charge in [0.2, 0.25) is 11.6 Å². The van der Waals surface area contributed by atoms with Crippen molar-refractivity contribution in [2.45, 2.75) is 90.8 Å². The number of carbonyl (C=O) groups is 2. The molecule has 1 N–H and O–H groups in total. The molecule has 0 bridgehead atoms. The van der Waals surface area contributed by atoms with Crippen molar-refractivity contribution in [1.82, 2.24) is 15.1 Å². The molecule has 250 valence electrons. The molecule has 0 aliphatic heterocycles. The van der Waals surface area contributed by atoms with Crippen LogP contribution in [-0.2, 0) is 26.3 Å². The molecule has 1 aromatic heterocycles. The fourth-order valence-corrected chi connectivity index (χ4v) is 4.97. The minimum absolute atomic E-state index is 0.0214. The zero-order chi connectivity index (χ0) is 34.4. The van der Waals surface area contributed by atoms with E-state index in [1.807, 2.05) is 31.2 Å². The van der Waals surface area contributed by atoms with E-state index < -0.39 is 71.4 Å². The van der Waals surface area contributed by atoms with Crippen molar-refractivity contribution < 1.29 is 36.6 Å². The van der Waals surface area contributed by atoms with E-state index in [4.69, 9.17) is 9.47 Å². The number of nitrogens with zero attached hydrogens (tertiary/aromatic N) is 2. The van der Waals surface area contributed by atoms with Gasteiger partial charge in [0.1, 0.15) is 12.2 Å². The molecule has 0 amide bonds. The maximum atomic E-state index is 14.1. The fraction of sp³-hybridized carbons (Fsp3) is 0.471. The quantitative estimate of drug-likeness (QED) is 0.139. The molecular weight excluding hydrogens is 606 g/mol. The fourth-order valence-electron chi connectivity index (χ4n) is 4.97. The van der Waals surface area contributed by atoms with Crippen molar-refractivity contribution in [3.8, 4) is 5.75 Å². The molecule has 1 heterocycles. The molecule has 2 atom stereocenters. The van der Waals surface area contributed by atoms with Gasteiger partial charge in [-0.15, -0.1) is 0 Å². The van der Waals surface area contributed by atoms with Crippen LogP contribution in [0.3, 0.4) is 0 Å². The van der Waals surface area contributed by atoms with Crippen LogP contribution < -0.4 is 15.6 Å². The summed E-state index contributed by atoms with van der Waals surface area (Å²) in [6, 6.07) is 8.15. The first-order chi connectivity index (χ1) is 21.4. The van der Waals surface area contributed by atoms with E-state index in [2.05, 4.69) is 31.2 Å². The van der Waals surface area contributed by atoms with Gasteiger partial charge < -0.3 is 14.8 Å². The highest BCUT2D eigenvalue weighted by Crippen LogP contribution is 2.27. The number of hydrogen-bond donors (Lipinski definition) is 1. The summed E-state index contributed by atoms with van der Waals surface area (Å²) in [5, 5.41) is 7.25. The number of rotatable bonds is 13. The Morgan fingerprint density at radius 1 is 0.978 bits per heavy atom. The molecule has 8 nitrogen and oxygen atoms in total. The zero-order valence-corrected chi connectivity index (χ0v) is 27.2. The minimum Gasteiger partial charge on any atom is -0.479 e. The number of ether oxygens (including phenoxy) is 2. The van der Waals surface area contributed by atoms with Gasteiger partial charge in [0.15, 0.2) is 23.2 Å². The summed E-state index contributed by atoms with van der Waals surface area (Å²) in [5.74, 6) is -10.4. The first kappa shape index (κ1) is 36.4. The summed E-state index contributed by atoms with van der Waals surface area (Å²) in [5.41, 5.74) is 1.10. The average molecular weight is 648 g/mol. The molecule has 0 spiro atoms. The van der Waals surface area contributed by atoms with Crippen molar-refractivity contribution in [3.63, 3.8) is 0 Å². The molecule has 0 radical (unpaired) electrons. The van der Waals surface area contributed by atoms with Crippen molar-refractivity contribution in [1.29, 1.82) is 0 Å². The molecule has 0 aliphatic rings. The number of Topliss-reactive ketones (excluding diaryl/α,β-unsaturated/α-hetero) is 1. The molecule has 0 unspecified atom stereocenters. The third-order valence-corrected chi connectivity index (χ3v) is 7.24. The van der Waals surface area contributed by atoms with Gasteiger partial charge in [0, 0.05) is 30.3 Å². The molecule has 0 aliphatic carbocycles. The van der Waals surface area contributed by atoms with Gasteiger partial charge in [-0.2, -0.15) is 13.9 Å². The highest BCUT2D eigenvalue weighted by molar-refractivity contribution is 5.89. The summed E-state index contributed by atoms with van der Waals surface area (Å²) >= 11 is 0. The zero-order valence-electron chi connectivity index (χ0n) is 27.2. The summed E-state index contributed by atoms with van der Waals surface area (Å²) in [7, 11) is 0. The lowest BCUT2D eigenvalue weighted by molar-refractivity contribution is -0.156. The Balaban J connectivity index is 1.84. The van der Waals surface area contributed by atoms with Crippen LogP contribution in [0.1, 0.15) is 83.9 Å². The maximum Gasteiger partial charge on any atom is 0.308 e. The predicted molar refractivity (Wildman–Crippen MR) is 165 cm³/mol. The van der Waals surface area contributed by atoms with Gasteiger partial charge in [0.25, 0.3) is 5.56 Å². The van der Waals surface area contributed by atoms with E-state index in [0.717, 1.165) is 11.1 Å². The first-order valence-corrected chi connectivity index (χ1v) is 15.0. The van der Waals surface area contributed by atoms with Gasteiger partial charge in [-0.05, 0) is 49.8 Å². The molecule has 3 rings (SSSR count). The Morgan fingerprint density at radius 3 is 2.20 bits per heavy atom. The van der Waals surface area contributed by atoms with Crippen LogP contribution in [0.5, 0.6) is 5.75 Å². The lowest BCUT2D eigenvalue weighted by Gasteiger charge is -2.25. The first-order valence-electron chi connectivity index (χ1n) is 15.0. The van der Waals surface area contributed by atoms with Crippen LogP contribution in [0.15, 0.2) is 47.4 Å². The highest BCUT2D eigenvalue weighted by atomic mass is 19.2. The number of esters is 1. The van der Waals surface area contributed by atoms with Gasteiger partial charge >= 0.3 is 5.97 Å². The second-order valence-corrected chi connectivity index (χ2v) is 13.1. The monoisotopic (exact) mass is 647 g/mol. The predicted octanol–water partition coefficient (Wildman–Crippen LogP) is 5.98. The van der Waals surface area contributed by atoms with Crippen LogP contribution in [0.4, 0.5) is 17.6 Å². The Kier molecular flexibility index (Phi) is 11.9. The molecule has 0 fully saturated rings. The summed E-state index contributed by atoms with van der Waals surface area (Å²) < 4.78 is 67.1. The normalized spacial score (nSPS) is 13.3. The van der Waals surface area contributed by atoms with Crippen molar-refractivity contribution in [2.75, 3.05) is 13.2 Å². The minimum atomic E-state index is -1.80. The highest BCUT2D eigenvalue weighted by Gasteiger charge is 2.29. The number of halogens is 4. The summed E-state index contributed by atoms with van der Waals surface area (Å²) in [6.07, 6.45) is 1.51. The number of nitrogens with one attached hydrogen (secondary N) is 1. The Bertz CT molecular complexity index is 1590. The molecule has 12 heteroatoms. The molecule has 3 aromatic rings. The number of hydrogen-bond acceptors (Lipinski definition) is 7. The number of ketones is 1. The van der Waals surface area contributed by atoms with Crippen molar-refractivity contribution in [2.24, 2.45) is 0 Å². The van der Waals surface area contributed by atoms with E-state index in [9.17, 15) is 31.9 Å². The lowest BCUT2D eigenvalue weighted by Crippen LogP contribution is -2.44. The molecule has 0 saturated heterocycles. The van der Waals surface area contributed by atoms with E-state index in [-0.39, 0.29) is 30.1 Å². The number of benzene rings is 2.